The van der Waals surface area contributed by atoms with Crippen LogP contribution in [-0.4, -0.2) is 35.6 Å². The molecule has 5 nitrogen and oxygen atoms in total. The van der Waals surface area contributed by atoms with E-state index in [1.165, 1.54) is 13.2 Å². The number of amides is 1. The molecule has 1 aromatic rings. The zero-order valence-electron chi connectivity index (χ0n) is 10.1. The molecule has 0 saturated carbocycles. The van der Waals surface area contributed by atoms with E-state index in [0.717, 1.165) is 6.42 Å². The molecule has 1 atom stereocenters. The number of likely N-dealkylation sites (tertiary alicyclic amines) is 1. The van der Waals surface area contributed by atoms with E-state index in [1.807, 2.05) is 0 Å². The minimum atomic E-state index is -0.359. The van der Waals surface area contributed by atoms with Gasteiger partial charge >= 0.3 is 0 Å². The van der Waals surface area contributed by atoms with Gasteiger partial charge in [0.05, 0.1) is 13.2 Å². The lowest BCUT2D eigenvalue weighted by atomic mass is 10.1. The lowest BCUT2D eigenvalue weighted by molar-refractivity contribution is 0.0764. The van der Waals surface area contributed by atoms with Crippen LogP contribution in [0.25, 0.3) is 0 Å². The number of benzene rings is 1. The average molecular weight is 246 g/mol. The molecule has 0 aromatic heterocycles. The standard InChI is InChI=1S/C13H14N2O3/c1-18-12-5-4-9(7-11(12)16)13(17)15-6-2-3-10(15)8-14/h4-5,7,10,16H,2-3,6H2,1H3. The Hall–Kier alpha value is -2.22. The van der Waals surface area contributed by atoms with Crippen LogP contribution in [0.15, 0.2) is 18.2 Å². The number of hydrogen-bond donors (Lipinski definition) is 1. The first-order valence-electron chi connectivity index (χ1n) is 5.75. The first-order chi connectivity index (χ1) is 8.67. The molecule has 1 amide bonds. The monoisotopic (exact) mass is 246 g/mol. The molecule has 1 heterocycles. The number of carbonyl (C=O) groups is 1. The number of nitriles is 1. The SMILES string of the molecule is COc1ccc(C(=O)N2CCCC2C#N)cc1O. The van der Waals surface area contributed by atoms with E-state index >= 15 is 0 Å². The van der Waals surface area contributed by atoms with Gasteiger partial charge in [0.2, 0.25) is 0 Å². The van der Waals surface area contributed by atoms with Crippen molar-refractivity contribution < 1.29 is 14.6 Å². The van der Waals surface area contributed by atoms with Crippen molar-refractivity contribution in [1.82, 2.24) is 4.90 Å². The number of carbonyl (C=O) groups excluding carboxylic acids is 1. The number of ether oxygens (including phenoxy) is 1. The zero-order valence-corrected chi connectivity index (χ0v) is 10.1. The Balaban J connectivity index is 2.24. The van der Waals surface area contributed by atoms with Gasteiger partial charge in [0, 0.05) is 12.1 Å². The molecular formula is C13H14N2O3. The quantitative estimate of drug-likeness (QED) is 0.858. The van der Waals surface area contributed by atoms with Crippen molar-refractivity contribution in [2.75, 3.05) is 13.7 Å². The molecule has 0 spiro atoms. The second-order valence-electron chi connectivity index (χ2n) is 4.17. The van der Waals surface area contributed by atoms with E-state index in [4.69, 9.17) is 10.00 Å². The first-order valence-corrected chi connectivity index (χ1v) is 5.75. The van der Waals surface area contributed by atoms with Gasteiger partial charge in [0.25, 0.3) is 5.91 Å². The van der Waals surface area contributed by atoms with Crippen molar-refractivity contribution in [3.63, 3.8) is 0 Å². The number of aromatic hydroxyl groups is 1. The lowest BCUT2D eigenvalue weighted by Crippen LogP contribution is -2.34. The summed E-state index contributed by atoms with van der Waals surface area (Å²) in [6, 6.07) is 6.26. The van der Waals surface area contributed by atoms with E-state index in [-0.39, 0.29) is 17.7 Å². The molecular weight excluding hydrogens is 232 g/mol. The van der Waals surface area contributed by atoms with Gasteiger partial charge in [0.15, 0.2) is 11.5 Å². The number of nitrogens with zero attached hydrogens (tertiary/aromatic N) is 2. The van der Waals surface area contributed by atoms with Gasteiger partial charge in [-0.25, -0.2) is 0 Å². The smallest absolute Gasteiger partial charge is 0.255 e. The van der Waals surface area contributed by atoms with E-state index in [1.54, 1.807) is 17.0 Å². The third-order valence-corrected chi connectivity index (χ3v) is 3.09. The number of phenols is 1. The average Bonchev–Trinajstić information content (AvgIpc) is 2.86. The first kappa shape index (κ1) is 12.2. The maximum Gasteiger partial charge on any atom is 0.255 e. The summed E-state index contributed by atoms with van der Waals surface area (Å²) in [4.78, 5) is 13.7. The fourth-order valence-corrected chi connectivity index (χ4v) is 2.13. The molecule has 18 heavy (non-hydrogen) atoms. The van der Waals surface area contributed by atoms with E-state index in [9.17, 15) is 9.90 Å². The van der Waals surface area contributed by atoms with Gasteiger partial charge in [-0.15, -0.1) is 0 Å². The molecule has 0 radical (unpaired) electrons. The number of phenolic OH excluding ortho intramolecular Hbond substituents is 1. The highest BCUT2D eigenvalue weighted by atomic mass is 16.5. The maximum absolute atomic E-state index is 12.2. The Kier molecular flexibility index (Phi) is 3.38. The summed E-state index contributed by atoms with van der Waals surface area (Å²) >= 11 is 0. The van der Waals surface area contributed by atoms with E-state index in [2.05, 4.69) is 6.07 Å². The van der Waals surface area contributed by atoms with Crippen molar-refractivity contribution in [3.8, 4) is 17.6 Å². The second kappa shape index (κ2) is 4.96. The fourth-order valence-electron chi connectivity index (χ4n) is 2.13. The Morgan fingerprint density at radius 3 is 3.00 bits per heavy atom. The summed E-state index contributed by atoms with van der Waals surface area (Å²) in [5, 5.41) is 18.6. The summed E-state index contributed by atoms with van der Waals surface area (Å²) in [6.45, 7) is 0.587. The molecule has 1 aromatic carbocycles. The van der Waals surface area contributed by atoms with Crippen LogP contribution in [0.2, 0.25) is 0 Å². The minimum absolute atomic E-state index is 0.0731. The van der Waals surface area contributed by atoms with Crippen molar-refractivity contribution in [2.24, 2.45) is 0 Å². The molecule has 1 fully saturated rings. The van der Waals surface area contributed by atoms with Crippen LogP contribution in [0.1, 0.15) is 23.2 Å². The van der Waals surface area contributed by atoms with Gasteiger partial charge < -0.3 is 14.7 Å². The minimum Gasteiger partial charge on any atom is -0.504 e. The van der Waals surface area contributed by atoms with Crippen LogP contribution in [0.4, 0.5) is 0 Å². The van der Waals surface area contributed by atoms with Gasteiger partial charge in [-0.2, -0.15) is 5.26 Å². The van der Waals surface area contributed by atoms with Crippen molar-refractivity contribution in [2.45, 2.75) is 18.9 Å². The predicted molar refractivity (Wildman–Crippen MR) is 64.3 cm³/mol. The summed E-state index contributed by atoms with van der Waals surface area (Å²) in [7, 11) is 1.45. The Labute approximate surface area is 105 Å². The third-order valence-electron chi connectivity index (χ3n) is 3.09. The van der Waals surface area contributed by atoms with Crippen LogP contribution < -0.4 is 4.74 Å². The van der Waals surface area contributed by atoms with Crippen LogP contribution in [-0.2, 0) is 0 Å². The van der Waals surface area contributed by atoms with Crippen LogP contribution in [0.3, 0.4) is 0 Å². The summed E-state index contributed by atoms with van der Waals surface area (Å²) in [5.74, 6) is 0.0258. The molecule has 0 aliphatic carbocycles. The van der Waals surface area contributed by atoms with E-state index < -0.39 is 0 Å². The van der Waals surface area contributed by atoms with Crippen molar-refractivity contribution in [3.05, 3.63) is 23.8 Å². The van der Waals surface area contributed by atoms with Gasteiger partial charge in [-0.3, -0.25) is 4.79 Å². The van der Waals surface area contributed by atoms with Crippen LogP contribution in [0.5, 0.6) is 11.5 Å². The lowest BCUT2D eigenvalue weighted by Gasteiger charge is -2.19. The molecule has 2 rings (SSSR count). The molecule has 0 bridgehead atoms. The van der Waals surface area contributed by atoms with Crippen LogP contribution in [0, 0.1) is 11.3 Å². The topological polar surface area (TPSA) is 73.6 Å². The van der Waals surface area contributed by atoms with Gasteiger partial charge in [-0.1, -0.05) is 0 Å². The number of hydrogen-bond acceptors (Lipinski definition) is 4. The Morgan fingerprint density at radius 1 is 1.61 bits per heavy atom. The fraction of sp³-hybridized carbons (Fsp3) is 0.385. The van der Waals surface area contributed by atoms with Gasteiger partial charge in [0.1, 0.15) is 6.04 Å². The highest BCUT2D eigenvalue weighted by Gasteiger charge is 2.29. The number of rotatable bonds is 2. The summed E-state index contributed by atoms with van der Waals surface area (Å²) < 4.78 is 4.92. The molecule has 1 N–H and O–H groups in total. The highest BCUT2D eigenvalue weighted by Crippen LogP contribution is 2.28. The van der Waals surface area contributed by atoms with E-state index in [0.29, 0.717) is 24.3 Å². The van der Waals surface area contributed by atoms with Gasteiger partial charge in [-0.05, 0) is 31.0 Å². The largest absolute Gasteiger partial charge is 0.504 e. The Bertz CT molecular complexity index is 507. The molecule has 94 valence electrons. The zero-order chi connectivity index (χ0) is 13.1. The molecule has 5 heteroatoms. The van der Waals surface area contributed by atoms with Crippen molar-refractivity contribution in [1.29, 1.82) is 5.26 Å². The van der Waals surface area contributed by atoms with Crippen molar-refractivity contribution >= 4 is 5.91 Å². The summed E-state index contributed by atoms with van der Waals surface area (Å²) in [6.07, 6.45) is 1.55. The third kappa shape index (κ3) is 2.09. The second-order valence-corrected chi connectivity index (χ2v) is 4.17. The molecule has 1 saturated heterocycles. The normalized spacial score (nSPS) is 18.4. The number of methoxy groups -OCH3 is 1. The predicted octanol–water partition coefficient (Wildman–Crippen LogP) is 1.53. The summed E-state index contributed by atoms with van der Waals surface area (Å²) in [5.41, 5.74) is 0.371. The Morgan fingerprint density at radius 2 is 2.39 bits per heavy atom. The molecule has 1 aliphatic heterocycles. The maximum atomic E-state index is 12.2. The van der Waals surface area contributed by atoms with Crippen LogP contribution >= 0.6 is 0 Å². The highest BCUT2D eigenvalue weighted by molar-refractivity contribution is 5.95. The molecule has 1 unspecified atom stereocenters. The molecule has 1 aliphatic rings.